The third-order valence-electron chi connectivity index (χ3n) is 2.08. The third kappa shape index (κ3) is 3.56. The maximum atomic E-state index is 13.0. The monoisotopic (exact) mass is 222 g/mol. The van der Waals surface area contributed by atoms with Gasteiger partial charge in [0, 0.05) is 12.0 Å². The smallest absolute Gasteiger partial charge is 0.125 e. The van der Waals surface area contributed by atoms with Gasteiger partial charge in [0.15, 0.2) is 0 Å². The molecule has 0 spiro atoms. The van der Waals surface area contributed by atoms with Gasteiger partial charge in [0.05, 0.1) is 12.7 Å². The van der Waals surface area contributed by atoms with Crippen molar-refractivity contribution in [2.45, 2.75) is 26.4 Å². The fraction of sp³-hybridized carbons (Fsp3) is 0.385. The molecule has 0 aliphatic rings. The highest BCUT2D eigenvalue weighted by Crippen LogP contribution is 2.25. The van der Waals surface area contributed by atoms with Gasteiger partial charge in [-0.25, -0.2) is 4.39 Å². The second kappa shape index (κ2) is 6.14. The Labute approximate surface area is 95.1 Å². The summed E-state index contributed by atoms with van der Waals surface area (Å²) in [6, 6.07) is 4.12. The van der Waals surface area contributed by atoms with Crippen LogP contribution in [-0.4, -0.2) is 11.7 Å². The van der Waals surface area contributed by atoms with Crippen LogP contribution in [0.5, 0.6) is 5.75 Å². The van der Waals surface area contributed by atoms with Crippen LogP contribution in [0.4, 0.5) is 4.39 Å². The molecule has 0 heterocycles. The largest absolute Gasteiger partial charge is 0.492 e. The zero-order valence-corrected chi connectivity index (χ0v) is 9.46. The van der Waals surface area contributed by atoms with Crippen LogP contribution < -0.4 is 4.74 Å². The van der Waals surface area contributed by atoms with Gasteiger partial charge in [0.1, 0.15) is 11.6 Å². The maximum Gasteiger partial charge on any atom is 0.125 e. The summed E-state index contributed by atoms with van der Waals surface area (Å²) < 4.78 is 18.4. The van der Waals surface area contributed by atoms with Crippen molar-refractivity contribution in [3.05, 3.63) is 29.6 Å². The van der Waals surface area contributed by atoms with E-state index in [1.807, 2.05) is 0 Å². The van der Waals surface area contributed by atoms with Gasteiger partial charge in [-0.15, -0.1) is 11.8 Å². The standard InChI is InChI=1S/C13H15FO2/c1-3-4-5-8-16-13-7-6-11(14)9-12(13)10(2)15/h6-7,9-10,15H,5,8H2,1-2H3. The molecule has 1 aromatic carbocycles. The van der Waals surface area contributed by atoms with Gasteiger partial charge in [-0.05, 0) is 32.0 Å². The van der Waals surface area contributed by atoms with Crippen molar-refractivity contribution in [3.63, 3.8) is 0 Å². The van der Waals surface area contributed by atoms with E-state index in [0.717, 1.165) is 0 Å². The Kier molecular flexibility index (Phi) is 4.81. The molecule has 3 heteroatoms. The summed E-state index contributed by atoms with van der Waals surface area (Å²) in [5.41, 5.74) is 0.462. The average Bonchev–Trinajstić information content (AvgIpc) is 2.26. The lowest BCUT2D eigenvalue weighted by Crippen LogP contribution is -2.02. The molecule has 0 fully saturated rings. The first kappa shape index (κ1) is 12.5. The van der Waals surface area contributed by atoms with E-state index in [9.17, 15) is 9.50 Å². The number of benzene rings is 1. The lowest BCUT2D eigenvalue weighted by molar-refractivity contribution is 0.191. The van der Waals surface area contributed by atoms with E-state index in [1.54, 1.807) is 13.8 Å². The summed E-state index contributed by atoms with van der Waals surface area (Å²) in [4.78, 5) is 0. The zero-order valence-electron chi connectivity index (χ0n) is 9.46. The lowest BCUT2D eigenvalue weighted by atomic mass is 10.1. The minimum atomic E-state index is -0.747. The van der Waals surface area contributed by atoms with Crippen molar-refractivity contribution in [1.82, 2.24) is 0 Å². The van der Waals surface area contributed by atoms with E-state index >= 15 is 0 Å². The molecule has 0 amide bonds. The molecule has 0 aliphatic heterocycles. The van der Waals surface area contributed by atoms with Crippen molar-refractivity contribution in [2.75, 3.05) is 6.61 Å². The highest BCUT2D eigenvalue weighted by atomic mass is 19.1. The fourth-order valence-electron chi connectivity index (χ4n) is 1.31. The molecular formula is C13H15FO2. The second-order valence-electron chi connectivity index (χ2n) is 3.38. The van der Waals surface area contributed by atoms with Crippen molar-refractivity contribution in [2.24, 2.45) is 0 Å². The Bertz CT molecular complexity index is 402. The Morgan fingerprint density at radius 2 is 2.25 bits per heavy atom. The molecule has 1 unspecified atom stereocenters. The first-order chi connectivity index (χ1) is 7.65. The molecule has 2 nitrogen and oxygen atoms in total. The fourth-order valence-corrected chi connectivity index (χ4v) is 1.31. The van der Waals surface area contributed by atoms with E-state index in [1.165, 1.54) is 18.2 Å². The van der Waals surface area contributed by atoms with Crippen molar-refractivity contribution >= 4 is 0 Å². The van der Waals surface area contributed by atoms with Gasteiger partial charge in [-0.2, -0.15) is 0 Å². The number of hydrogen-bond acceptors (Lipinski definition) is 2. The molecule has 86 valence electrons. The van der Waals surface area contributed by atoms with Crippen LogP contribution in [0.1, 0.15) is 31.9 Å². The minimum absolute atomic E-state index is 0.378. The molecule has 16 heavy (non-hydrogen) atoms. The Morgan fingerprint density at radius 3 is 2.88 bits per heavy atom. The molecule has 0 saturated heterocycles. The van der Waals surface area contributed by atoms with Gasteiger partial charge in [-0.1, -0.05) is 0 Å². The molecule has 0 radical (unpaired) electrons. The van der Waals surface area contributed by atoms with E-state index in [0.29, 0.717) is 24.3 Å². The summed E-state index contributed by atoms with van der Waals surface area (Å²) in [7, 11) is 0. The van der Waals surface area contributed by atoms with Gasteiger partial charge in [0.2, 0.25) is 0 Å². The van der Waals surface area contributed by atoms with Crippen molar-refractivity contribution < 1.29 is 14.2 Å². The summed E-state index contributed by atoms with van der Waals surface area (Å²) >= 11 is 0. The molecule has 1 N–H and O–H groups in total. The Balaban J connectivity index is 2.73. The predicted octanol–water partition coefficient (Wildman–Crippen LogP) is 2.67. The highest BCUT2D eigenvalue weighted by molar-refractivity contribution is 5.35. The molecule has 0 saturated carbocycles. The number of aliphatic hydroxyl groups excluding tert-OH is 1. The van der Waals surface area contributed by atoms with Crippen LogP contribution in [0.15, 0.2) is 18.2 Å². The van der Waals surface area contributed by atoms with E-state index in [-0.39, 0.29) is 5.82 Å². The Hall–Kier alpha value is -1.53. The lowest BCUT2D eigenvalue weighted by Gasteiger charge is -2.12. The van der Waals surface area contributed by atoms with Gasteiger partial charge < -0.3 is 9.84 Å². The molecule has 1 aromatic rings. The number of rotatable bonds is 4. The quantitative estimate of drug-likeness (QED) is 0.627. The number of ether oxygens (including phenoxy) is 1. The molecule has 0 bridgehead atoms. The minimum Gasteiger partial charge on any atom is -0.492 e. The van der Waals surface area contributed by atoms with Gasteiger partial charge in [0.25, 0.3) is 0 Å². The van der Waals surface area contributed by atoms with E-state index in [4.69, 9.17) is 4.74 Å². The van der Waals surface area contributed by atoms with Crippen molar-refractivity contribution in [3.8, 4) is 17.6 Å². The second-order valence-corrected chi connectivity index (χ2v) is 3.38. The summed E-state index contributed by atoms with van der Waals surface area (Å²) in [5, 5.41) is 9.46. The molecule has 1 rings (SSSR count). The predicted molar refractivity (Wildman–Crippen MR) is 60.6 cm³/mol. The number of hydrogen-bond donors (Lipinski definition) is 1. The van der Waals surface area contributed by atoms with Gasteiger partial charge in [-0.3, -0.25) is 0 Å². The molecular weight excluding hydrogens is 207 g/mol. The SMILES string of the molecule is CC#CCCOc1ccc(F)cc1C(C)O. The van der Waals surface area contributed by atoms with Crippen LogP contribution in [-0.2, 0) is 0 Å². The molecule has 0 aromatic heterocycles. The zero-order chi connectivity index (χ0) is 12.0. The summed E-state index contributed by atoms with van der Waals surface area (Å²) in [6.07, 6.45) is -0.129. The topological polar surface area (TPSA) is 29.5 Å². The highest BCUT2D eigenvalue weighted by Gasteiger charge is 2.10. The van der Waals surface area contributed by atoms with Crippen LogP contribution in [0, 0.1) is 17.7 Å². The van der Waals surface area contributed by atoms with Crippen LogP contribution in [0.2, 0.25) is 0 Å². The third-order valence-corrected chi connectivity index (χ3v) is 2.08. The van der Waals surface area contributed by atoms with Crippen LogP contribution >= 0.6 is 0 Å². The molecule has 1 atom stereocenters. The van der Waals surface area contributed by atoms with Crippen LogP contribution in [0.3, 0.4) is 0 Å². The number of halogens is 1. The molecule has 0 aliphatic carbocycles. The summed E-state index contributed by atoms with van der Waals surface area (Å²) in [6.45, 7) is 3.78. The summed E-state index contributed by atoms with van der Waals surface area (Å²) in [5.74, 6) is 5.76. The number of aliphatic hydroxyl groups is 1. The Morgan fingerprint density at radius 1 is 1.50 bits per heavy atom. The maximum absolute atomic E-state index is 13.0. The average molecular weight is 222 g/mol. The first-order valence-corrected chi connectivity index (χ1v) is 5.15. The normalized spacial score (nSPS) is 11.5. The van der Waals surface area contributed by atoms with Gasteiger partial charge >= 0.3 is 0 Å². The van der Waals surface area contributed by atoms with E-state index in [2.05, 4.69) is 11.8 Å². The van der Waals surface area contributed by atoms with E-state index < -0.39 is 6.10 Å². The van der Waals surface area contributed by atoms with Crippen LogP contribution in [0.25, 0.3) is 0 Å². The first-order valence-electron chi connectivity index (χ1n) is 5.15. The van der Waals surface area contributed by atoms with Crippen molar-refractivity contribution in [1.29, 1.82) is 0 Å².